The molecular weight excluding hydrogens is 428 g/mol. The van der Waals surface area contributed by atoms with E-state index in [2.05, 4.69) is 10.0 Å². The Balaban J connectivity index is 2.14. The van der Waals surface area contributed by atoms with Gasteiger partial charge in [0.15, 0.2) is 0 Å². The molecule has 0 fully saturated rings. The van der Waals surface area contributed by atoms with Crippen molar-refractivity contribution in [3.8, 4) is 5.75 Å². The van der Waals surface area contributed by atoms with Gasteiger partial charge in [0, 0.05) is 13.2 Å². The number of carbonyl (C=O) groups excluding carboxylic acids is 1. The molecule has 32 heavy (non-hydrogen) atoms. The van der Waals surface area contributed by atoms with Gasteiger partial charge in [-0.05, 0) is 69.9 Å². The molecule has 2 aromatic rings. The largest absolute Gasteiger partial charge is 0.494 e. The van der Waals surface area contributed by atoms with Crippen LogP contribution in [0, 0.1) is 6.92 Å². The third kappa shape index (κ3) is 8.26. The van der Waals surface area contributed by atoms with Gasteiger partial charge in [0.25, 0.3) is 0 Å². The van der Waals surface area contributed by atoms with Crippen molar-refractivity contribution in [2.24, 2.45) is 0 Å². The molecule has 1 unspecified atom stereocenters. The maximum Gasteiger partial charge on any atom is 0.241 e. The lowest BCUT2D eigenvalue weighted by Crippen LogP contribution is -2.48. The Hall–Kier alpha value is -2.42. The lowest BCUT2D eigenvalue weighted by Gasteiger charge is -2.19. The smallest absolute Gasteiger partial charge is 0.241 e. The number of hydrogen-bond acceptors (Lipinski definition) is 5. The van der Waals surface area contributed by atoms with Crippen LogP contribution in [-0.2, 0) is 26.0 Å². The summed E-state index contributed by atoms with van der Waals surface area (Å²) in [7, 11) is -3.92. The highest BCUT2D eigenvalue weighted by atomic mass is 32.2. The quantitative estimate of drug-likeness (QED) is 0.446. The molecule has 0 aliphatic heterocycles. The van der Waals surface area contributed by atoms with Gasteiger partial charge in [-0.1, -0.05) is 30.3 Å². The molecule has 0 aliphatic carbocycles. The van der Waals surface area contributed by atoms with E-state index in [4.69, 9.17) is 9.47 Å². The van der Waals surface area contributed by atoms with Crippen LogP contribution in [0.15, 0.2) is 53.4 Å². The molecular formula is C24H34N2O5S. The fourth-order valence-electron chi connectivity index (χ4n) is 3.13. The number of rotatable bonds is 13. The second kappa shape index (κ2) is 12.6. The van der Waals surface area contributed by atoms with Crippen molar-refractivity contribution in [1.82, 2.24) is 10.0 Å². The van der Waals surface area contributed by atoms with E-state index in [1.165, 1.54) is 6.07 Å². The molecule has 2 N–H and O–H groups in total. The first kappa shape index (κ1) is 25.8. The number of carbonyl (C=O) groups is 1. The second-order valence-electron chi connectivity index (χ2n) is 7.79. The lowest BCUT2D eigenvalue weighted by atomic mass is 10.1. The molecule has 0 aliphatic rings. The molecule has 2 rings (SSSR count). The average Bonchev–Trinajstić information content (AvgIpc) is 2.74. The number of amides is 1. The zero-order chi connectivity index (χ0) is 23.6. The number of ether oxygens (including phenoxy) is 2. The van der Waals surface area contributed by atoms with E-state index in [0.29, 0.717) is 37.5 Å². The Morgan fingerprint density at radius 1 is 1.09 bits per heavy atom. The van der Waals surface area contributed by atoms with Crippen LogP contribution in [0.2, 0.25) is 0 Å². The lowest BCUT2D eigenvalue weighted by molar-refractivity contribution is -0.122. The van der Waals surface area contributed by atoms with Crippen molar-refractivity contribution >= 4 is 15.9 Å². The van der Waals surface area contributed by atoms with Gasteiger partial charge in [0.1, 0.15) is 11.8 Å². The van der Waals surface area contributed by atoms with Crippen LogP contribution in [0.5, 0.6) is 5.75 Å². The first-order chi connectivity index (χ1) is 15.2. The molecule has 0 saturated heterocycles. The van der Waals surface area contributed by atoms with Gasteiger partial charge in [0.2, 0.25) is 15.9 Å². The minimum atomic E-state index is -3.92. The second-order valence-corrected chi connectivity index (χ2v) is 9.50. The van der Waals surface area contributed by atoms with Gasteiger partial charge in [0.05, 0.1) is 17.6 Å². The van der Waals surface area contributed by atoms with Crippen LogP contribution in [0.4, 0.5) is 0 Å². The molecule has 0 radical (unpaired) electrons. The van der Waals surface area contributed by atoms with E-state index < -0.39 is 16.1 Å². The van der Waals surface area contributed by atoms with Crippen molar-refractivity contribution in [3.05, 3.63) is 59.7 Å². The van der Waals surface area contributed by atoms with E-state index in [1.54, 1.807) is 19.1 Å². The minimum absolute atomic E-state index is 0.0923. The van der Waals surface area contributed by atoms with E-state index >= 15 is 0 Å². The zero-order valence-electron chi connectivity index (χ0n) is 19.3. The van der Waals surface area contributed by atoms with Crippen molar-refractivity contribution in [1.29, 1.82) is 0 Å². The van der Waals surface area contributed by atoms with Crippen LogP contribution in [0.3, 0.4) is 0 Å². The Bertz CT molecular complexity index is 962. The molecule has 0 bridgehead atoms. The highest BCUT2D eigenvalue weighted by Gasteiger charge is 2.26. The third-order valence-electron chi connectivity index (χ3n) is 4.72. The Morgan fingerprint density at radius 2 is 1.81 bits per heavy atom. The molecule has 0 aromatic heterocycles. The van der Waals surface area contributed by atoms with Crippen LogP contribution in [-0.4, -0.2) is 46.2 Å². The van der Waals surface area contributed by atoms with Crippen molar-refractivity contribution in [2.45, 2.75) is 57.6 Å². The van der Waals surface area contributed by atoms with E-state index in [9.17, 15) is 13.2 Å². The zero-order valence-corrected chi connectivity index (χ0v) is 20.1. The summed E-state index contributed by atoms with van der Waals surface area (Å²) < 4.78 is 39.7. The molecule has 1 atom stereocenters. The van der Waals surface area contributed by atoms with Gasteiger partial charge in [-0.3, -0.25) is 4.79 Å². The summed E-state index contributed by atoms with van der Waals surface area (Å²) >= 11 is 0. The summed E-state index contributed by atoms with van der Waals surface area (Å²) in [5.74, 6) is 0.262. The number of aryl methyl sites for hydroxylation is 1. The van der Waals surface area contributed by atoms with Crippen LogP contribution < -0.4 is 14.8 Å². The van der Waals surface area contributed by atoms with E-state index in [0.717, 1.165) is 5.56 Å². The van der Waals surface area contributed by atoms with Gasteiger partial charge in [-0.2, -0.15) is 4.72 Å². The normalized spacial score (nSPS) is 12.5. The number of hydrogen-bond donors (Lipinski definition) is 2. The fourth-order valence-corrected chi connectivity index (χ4v) is 4.41. The Kier molecular flexibility index (Phi) is 10.2. The molecule has 2 aromatic carbocycles. The SMILES string of the molecule is CCOc1ccc(S(=O)(=O)NC(Cc2ccccc2)C(=O)NCCCOC(C)C)cc1C. The van der Waals surface area contributed by atoms with Crippen molar-refractivity contribution < 1.29 is 22.7 Å². The summed E-state index contributed by atoms with van der Waals surface area (Å²) in [5, 5.41) is 2.82. The van der Waals surface area contributed by atoms with E-state index in [-0.39, 0.29) is 23.3 Å². The van der Waals surface area contributed by atoms with E-state index in [1.807, 2.05) is 51.1 Å². The maximum absolute atomic E-state index is 13.1. The summed E-state index contributed by atoms with van der Waals surface area (Å²) in [4.78, 5) is 13.0. The molecule has 1 amide bonds. The molecule has 0 saturated carbocycles. The topological polar surface area (TPSA) is 93.7 Å². The molecule has 8 heteroatoms. The van der Waals surface area contributed by atoms with Crippen LogP contribution in [0.25, 0.3) is 0 Å². The molecule has 7 nitrogen and oxygen atoms in total. The van der Waals surface area contributed by atoms with Crippen molar-refractivity contribution in [2.75, 3.05) is 19.8 Å². The van der Waals surface area contributed by atoms with Gasteiger partial charge < -0.3 is 14.8 Å². The number of nitrogens with one attached hydrogen (secondary N) is 2. The Morgan fingerprint density at radius 3 is 2.44 bits per heavy atom. The number of benzene rings is 2. The van der Waals surface area contributed by atoms with Gasteiger partial charge in [-0.15, -0.1) is 0 Å². The first-order valence-electron chi connectivity index (χ1n) is 10.9. The minimum Gasteiger partial charge on any atom is -0.494 e. The highest BCUT2D eigenvalue weighted by Crippen LogP contribution is 2.22. The van der Waals surface area contributed by atoms with Crippen LogP contribution in [0.1, 0.15) is 38.3 Å². The third-order valence-corrected chi connectivity index (χ3v) is 6.19. The predicted octanol–water partition coefficient (Wildman–Crippen LogP) is 3.21. The monoisotopic (exact) mass is 462 g/mol. The molecule has 176 valence electrons. The maximum atomic E-state index is 13.1. The highest BCUT2D eigenvalue weighted by molar-refractivity contribution is 7.89. The average molecular weight is 463 g/mol. The van der Waals surface area contributed by atoms with Crippen LogP contribution >= 0.6 is 0 Å². The van der Waals surface area contributed by atoms with Crippen molar-refractivity contribution in [3.63, 3.8) is 0 Å². The summed E-state index contributed by atoms with van der Waals surface area (Å²) in [6.45, 7) is 8.98. The van der Waals surface area contributed by atoms with Gasteiger partial charge >= 0.3 is 0 Å². The summed E-state index contributed by atoms with van der Waals surface area (Å²) in [6, 6.07) is 13.1. The predicted molar refractivity (Wildman–Crippen MR) is 125 cm³/mol. The first-order valence-corrected chi connectivity index (χ1v) is 12.4. The standard InChI is InChI=1S/C24H34N2O5S/c1-5-30-23-13-12-21(16-19(23)4)32(28,29)26-22(17-20-10-7-6-8-11-20)24(27)25-14-9-15-31-18(2)3/h6-8,10-13,16,18,22,26H,5,9,14-15,17H2,1-4H3,(H,25,27). The number of sulfonamides is 1. The Labute approximate surface area is 191 Å². The summed E-state index contributed by atoms with van der Waals surface area (Å²) in [5.41, 5.74) is 1.57. The summed E-state index contributed by atoms with van der Waals surface area (Å²) in [6.07, 6.45) is 1.01. The molecule has 0 heterocycles. The fraction of sp³-hybridized carbons (Fsp3) is 0.458. The van der Waals surface area contributed by atoms with Gasteiger partial charge in [-0.25, -0.2) is 8.42 Å². The molecule has 0 spiro atoms.